The van der Waals surface area contributed by atoms with Gasteiger partial charge in [0.05, 0.1) is 0 Å². The van der Waals surface area contributed by atoms with Crippen LogP contribution in [0.2, 0.25) is 0 Å². The molecule has 0 aliphatic carbocycles. The summed E-state index contributed by atoms with van der Waals surface area (Å²) in [5.74, 6) is 0. The third-order valence-corrected chi connectivity index (χ3v) is 5.04. The third kappa shape index (κ3) is 7.62. The van der Waals surface area contributed by atoms with Gasteiger partial charge in [0.25, 0.3) is 0 Å². The van der Waals surface area contributed by atoms with Crippen LogP contribution in [0.15, 0.2) is 142 Å². The molecule has 0 aliphatic heterocycles. The minimum Gasteiger partial charge on any atom is -0.410 e. The fourth-order valence-electron chi connectivity index (χ4n) is 3.35. The molecule has 8 nitrogen and oxygen atoms in total. The molecule has 0 spiro atoms. The summed E-state index contributed by atoms with van der Waals surface area (Å²) in [6.45, 7) is 0. The van der Waals surface area contributed by atoms with Crippen molar-refractivity contribution < 1.29 is 37.3 Å². The second-order valence-electron chi connectivity index (χ2n) is 7.26. The molecule has 4 N–H and O–H groups in total. The van der Waals surface area contributed by atoms with E-state index >= 15 is 0 Å². The van der Waals surface area contributed by atoms with Crippen LogP contribution in [0.4, 0.5) is 0 Å². The molecular formula is C28H24N4NiO4. The number of oxime groups is 4. The summed E-state index contributed by atoms with van der Waals surface area (Å²) >= 11 is 0. The van der Waals surface area contributed by atoms with E-state index in [1.54, 1.807) is 48.5 Å². The standard InChI is InChI=1S/2C14H12N2O2.Ni/c2*17-15-13(11-7-3-1-4-8-11)14(16-18)12-9-5-2-6-10-12;/h2*1-10,17-18H;/b2*15-13+,16-14+;. The fraction of sp³-hybridized carbons (Fsp3) is 0. The first-order chi connectivity index (χ1) is 17.7. The molecule has 0 atom stereocenters. The predicted octanol–water partition coefficient (Wildman–Crippen LogP) is 5.48. The van der Waals surface area contributed by atoms with Crippen molar-refractivity contribution in [2.75, 3.05) is 0 Å². The first kappa shape index (κ1) is 28.5. The molecular weight excluding hydrogens is 515 g/mol. The molecule has 4 aromatic carbocycles. The fourth-order valence-corrected chi connectivity index (χ4v) is 3.35. The van der Waals surface area contributed by atoms with Gasteiger partial charge in [-0.3, -0.25) is 0 Å². The zero-order chi connectivity index (χ0) is 25.6. The largest absolute Gasteiger partial charge is 0.410 e. The van der Waals surface area contributed by atoms with Crippen LogP contribution in [0.5, 0.6) is 0 Å². The van der Waals surface area contributed by atoms with E-state index in [0.29, 0.717) is 22.3 Å². The molecule has 0 unspecified atom stereocenters. The summed E-state index contributed by atoms with van der Waals surface area (Å²) in [5.41, 5.74) is 3.61. The first-order valence-corrected chi connectivity index (χ1v) is 10.8. The Kier molecular flexibility index (Phi) is 11.8. The minimum absolute atomic E-state index is 0. The van der Waals surface area contributed by atoms with Gasteiger partial charge in [0.1, 0.15) is 22.8 Å². The maximum absolute atomic E-state index is 9.14. The second kappa shape index (κ2) is 15.3. The van der Waals surface area contributed by atoms with Crippen LogP contribution in [0.3, 0.4) is 0 Å². The Hall–Kier alpha value is -4.75. The van der Waals surface area contributed by atoms with Gasteiger partial charge >= 0.3 is 0 Å². The maximum Gasteiger partial charge on any atom is 0.139 e. The van der Waals surface area contributed by atoms with Crippen molar-refractivity contribution in [3.05, 3.63) is 144 Å². The van der Waals surface area contributed by atoms with Crippen molar-refractivity contribution >= 4 is 22.8 Å². The van der Waals surface area contributed by atoms with Crippen LogP contribution in [-0.2, 0) is 16.5 Å². The number of hydrogen-bond donors (Lipinski definition) is 4. The van der Waals surface area contributed by atoms with E-state index in [0.717, 1.165) is 0 Å². The number of hydrogen-bond acceptors (Lipinski definition) is 8. The van der Waals surface area contributed by atoms with Gasteiger partial charge in [-0.2, -0.15) is 0 Å². The van der Waals surface area contributed by atoms with Crippen molar-refractivity contribution in [3.8, 4) is 0 Å². The van der Waals surface area contributed by atoms with E-state index < -0.39 is 0 Å². The Bertz CT molecular complexity index is 1130. The average Bonchev–Trinajstić information content (AvgIpc) is 2.96. The third-order valence-electron chi connectivity index (χ3n) is 5.04. The van der Waals surface area contributed by atoms with Gasteiger partial charge in [0.15, 0.2) is 0 Å². The smallest absolute Gasteiger partial charge is 0.139 e. The van der Waals surface area contributed by atoms with Gasteiger partial charge in [0, 0.05) is 38.7 Å². The van der Waals surface area contributed by atoms with Crippen LogP contribution in [0.25, 0.3) is 0 Å². The molecule has 0 saturated heterocycles. The SMILES string of the molecule is O/N=C(/C(=N/O)c1ccccc1)c1ccccc1.O/N=C(/C(=N/O)c1ccccc1)c1ccccc1.[Ni]. The number of nitrogens with zero attached hydrogens (tertiary/aromatic N) is 4. The molecule has 0 aromatic heterocycles. The van der Waals surface area contributed by atoms with E-state index in [1.807, 2.05) is 72.8 Å². The monoisotopic (exact) mass is 538 g/mol. The van der Waals surface area contributed by atoms with Gasteiger partial charge in [-0.05, 0) is 0 Å². The number of benzene rings is 4. The van der Waals surface area contributed by atoms with Crippen LogP contribution in [0, 0.1) is 0 Å². The van der Waals surface area contributed by atoms with Gasteiger partial charge in [-0.25, -0.2) is 0 Å². The van der Waals surface area contributed by atoms with Crippen LogP contribution in [-0.4, -0.2) is 43.7 Å². The van der Waals surface area contributed by atoms with E-state index in [9.17, 15) is 0 Å². The van der Waals surface area contributed by atoms with E-state index in [4.69, 9.17) is 20.8 Å². The molecule has 0 radical (unpaired) electrons. The van der Waals surface area contributed by atoms with E-state index in [1.165, 1.54) is 0 Å². The summed E-state index contributed by atoms with van der Waals surface area (Å²) in [5, 5.41) is 49.5. The Morgan fingerprint density at radius 2 is 0.486 bits per heavy atom. The Balaban J connectivity index is 0.000000253. The maximum atomic E-state index is 9.14. The number of rotatable bonds is 6. The summed E-state index contributed by atoms with van der Waals surface area (Å²) in [4.78, 5) is 0. The molecule has 0 bridgehead atoms. The Morgan fingerprint density at radius 3 is 0.622 bits per heavy atom. The topological polar surface area (TPSA) is 130 Å². The minimum atomic E-state index is 0. The summed E-state index contributed by atoms with van der Waals surface area (Å²) in [7, 11) is 0. The first-order valence-electron chi connectivity index (χ1n) is 10.8. The van der Waals surface area contributed by atoms with Crippen molar-refractivity contribution in [1.82, 2.24) is 0 Å². The van der Waals surface area contributed by atoms with Crippen LogP contribution in [0.1, 0.15) is 22.3 Å². The van der Waals surface area contributed by atoms with Crippen molar-refractivity contribution in [2.45, 2.75) is 0 Å². The van der Waals surface area contributed by atoms with Crippen molar-refractivity contribution in [3.63, 3.8) is 0 Å². The molecule has 0 amide bonds. The van der Waals surface area contributed by atoms with Gasteiger partial charge < -0.3 is 20.8 Å². The van der Waals surface area contributed by atoms with Gasteiger partial charge in [-0.1, -0.05) is 142 Å². The molecule has 4 aromatic rings. The summed E-state index contributed by atoms with van der Waals surface area (Å²) in [6.07, 6.45) is 0. The molecule has 37 heavy (non-hydrogen) atoms. The van der Waals surface area contributed by atoms with Gasteiger partial charge in [-0.15, -0.1) is 0 Å². The molecule has 4 rings (SSSR count). The quantitative estimate of drug-likeness (QED) is 0.112. The normalized spacial score (nSPS) is 12.1. The van der Waals surface area contributed by atoms with Gasteiger partial charge in [0.2, 0.25) is 0 Å². The predicted molar refractivity (Wildman–Crippen MR) is 139 cm³/mol. The summed E-state index contributed by atoms with van der Waals surface area (Å²) < 4.78 is 0. The Labute approximate surface area is 224 Å². The molecule has 0 heterocycles. The molecule has 0 fully saturated rings. The van der Waals surface area contributed by atoms with Crippen LogP contribution >= 0.6 is 0 Å². The summed E-state index contributed by atoms with van der Waals surface area (Å²) in [6, 6.07) is 36.2. The molecule has 0 saturated carbocycles. The van der Waals surface area contributed by atoms with Crippen molar-refractivity contribution in [1.29, 1.82) is 0 Å². The van der Waals surface area contributed by atoms with Crippen LogP contribution < -0.4 is 0 Å². The zero-order valence-electron chi connectivity index (χ0n) is 19.4. The average molecular weight is 539 g/mol. The van der Waals surface area contributed by atoms with Crippen molar-refractivity contribution in [2.24, 2.45) is 20.6 Å². The van der Waals surface area contributed by atoms with E-state index in [2.05, 4.69) is 20.6 Å². The Morgan fingerprint density at radius 1 is 0.324 bits per heavy atom. The molecule has 9 heteroatoms. The van der Waals surface area contributed by atoms with E-state index in [-0.39, 0.29) is 39.3 Å². The second-order valence-corrected chi connectivity index (χ2v) is 7.26. The molecule has 0 aliphatic rings. The molecule has 190 valence electrons. The zero-order valence-corrected chi connectivity index (χ0v) is 20.4.